The molecular weight excluding hydrogens is 1610 g/mol. The molecule has 6 aromatic heterocycles. The summed E-state index contributed by atoms with van der Waals surface area (Å²) in [5, 5.41) is 54.5. The van der Waals surface area contributed by atoms with Crippen molar-refractivity contribution in [2.75, 3.05) is 42.3 Å². The van der Waals surface area contributed by atoms with Crippen LogP contribution in [-0.2, 0) is 82.5 Å². The average molecular weight is 1690 g/mol. The van der Waals surface area contributed by atoms with E-state index in [-0.39, 0.29) is 63.2 Å². The number of nitrogens with zero attached hydrogens (tertiary/aromatic N) is 27. The molecule has 6 aromatic rings. The third-order valence-electron chi connectivity index (χ3n) is 9.61. The zero-order valence-corrected chi connectivity index (χ0v) is 56.4. The fourth-order valence-corrected chi connectivity index (χ4v) is 6.14. The van der Waals surface area contributed by atoms with Crippen LogP contribution in [-0.4, -0.2) is 163 Å². The summed E-state index contributed by atoms with van der Waals surface area (Å²) in [6.45, 7) is 24.8. The summed E-state index contributed by atoms with van der Waals surface area (Å²) in [7, 11) is 12.0. The van der Waals surface area contributed by atoms with E-state index in [9.17, 15) is 0 Å². The molecular formula is C54H78N27Pt3-9. The fraction of sp³-hybridized carbons (Fsp3) is 0.333. The molecule has 6 aliphatic rings. The van der Waals surface area contributed by atoms with Gasteiger partial charge in [0.25, 0.3) is 0 Å². The molecule has 6 aliphatic heterocycles. The van der Waals surface area contributed by atoms with Gasteiger partial charge in [0.1, 0.15) is 0 Å². The van der Waals surface area contributed by atoms with Crippen LogP contribution >= 0.6 is 0 Å². The Bertz CT molecular complexity index is 2290. The normalized spacial score (nSPS) is 14.3. The first-order valence-electron chi connectivity index (χ1n) is 26.3. The van der Waals surface area contributed by atoms with Crippen molar-refractivity contribution in [2.45, 2.75) is 80.1 Å². The van der Waals surface area contributed by atoms with Gasteiger partial charge in [-0.2, -0.15) is 15.6 Å². The number of hydrogen-bond donors (Lipinski definition) is 0. The molecule has 0 saturated carbocycles. The molecule has 0 N–H and O–H groups in total. The van der Waals surface area contributed by atoms with Crippen molar-refractivity contribution in [3.8, 4) is 0 Å². The Hall–Kier alpha value is -7.24. The molecule has 0 amide bonds. The Labute approximate surface area is 540 Å². The molecule has 0 radical (unpaired) electrons. The molecule has 12 rings (SSSR count). The van der Waals surface area contributed by atoms with Crippen molar-refractivity contribution in [3.05, 3.63) is 222 Å². The van der Waals surface area contributed by atoms with Gasteiger partial charge in [-0.15, -0.1) is 40.0 Å². The predicted octanol–water partition coefficient (Wildman–Crippen LogP) is 5.42. The summed E-state index contributed by atoms with van der Waals surface area (Å²) in [6, 6.07) is 17.1. The minimum Gasteiger partial charge on any atom is -0.509 e. The van der Waals surface area contributed by atoms with E-state index >= 15 is 0 Å². The first-order valence-corrected chi connectivity index (χ1v) is 26.3. The van der Waals surface area contributed by atoms with E-state index in [1.165, 1.54) is 19.3 Å². The van der Waals surface area contributed by atoms with Gasteiger partial charge >= 0.3 is 0 Å². The SMILES string of the molecule is CCC.CCC.CCC.CN1C=CN(N2C=CN(C)[CH-]2)[CH-]1.CN1C=CN(N2C=CN(C)[CH-]2)[CH-]1.CN1C=CN(N2C=CN(C)[CH-]2)[CH-]1.[Pt].[Pt].[Pt].c1ccc(Cc2nnn[n-]2)nc1.c1ccc(Cc2nnn[n-]2)nc1.c1ccc(Cc2nnn[n-]2)nc1. The van der Waals surface area contributed by atoms with Gasteiger partial charge in [-0.1, -0.05) is 79.0 Å². The van der Waals surface area contributed by atoms with Crippen LogP contribution in [0.1, 0.15) is 95.4 Å². The van der Waals surface area contributed by atoms with Gasteiger partial charge in [0.05, 0.1) is 0 Å². The van der Waals surface area contributed by atoms with E-state index in [2.05, 4.69) is 118 Å². The first-order chi connectivity index (χ1) is 39.4. The van der Waals surface area contributed by atoms with Gasteiger partial charge in [0, 0.05) is 173 Å². The second-order valence-corrected chi connectivity index (χ2v) is 17.8. The molecule has 0 aromatic carbocycles. The summed E-state index contributed by atoms with van der Waals surface area (Å²) in [4.78, 5) is 24.4. The zero-order chi connectivity index (χ0) is 58.5. The Kier molecular flexibility index (Phi) is 39.4. The number of hydrazine groups is 3. The van der Waals surface area contributed by atoms with Crippen LogP contribution in [0.2, 0.25) is 0 Å². The van der Waals surface area contributed by atoms with Crippen molar-refractivity contribution in [1.82, 2.24) is 136 Å². The number of pyridine rings is 3. The second-order valence-electron chi connectivity index (χ2n) is 17.8. The average Bonchev–Trinajstić information content (AvgIpc) is 4.47. The van der Waals surface area contributed by atoms with E-state index < -0.39 is 0 Å². The quantitative estimate of drug-likeness (QED) is 0.164. The zero-order valence-electron chi connectivity index (χ0n) is 49.6. The topological polar surface area (TPSA) is 236 Å². The molecule has 0 saturated heterocycles. The maximum absolute atomic E-state index is 4.12. The van der Waals surface area contributed by atoms with Crippen LogP contribution in [0.3, 0.4) is 0 Å². The van der Waals surface area contributed by atoms with Crippen LogP contribution in [0.25, 0.3) is 0 Å². The molecule has 0 fully saturated rings. The van der Waals surface area contributed by atoms with E-state index in [0.29, 0.717) is 36.7 Å². The minimum atomic E-state index is 0. The minimum absolute atomic E-state index is 0. The van der Waals surface area contributed by atoms with E-state index in [1.54, 1.807) is 18.6 Å². The molecule has 30 heteroatoms. The fourth-order valence-electron chi connectivity index (χ4n) is 6.14. The maximum Gasteiger partial charge on any atom is 0.0451 e. The molecule has 84 heavy (non-hydrogen) atoms. The van der Waals surface area contributed by atoms with Crippen molar-refractivity contribution in [2.24, 2.45) is 0 Å². The van der Waals surface area contributed by atoms with E-state index in [1.807, 2.05) is 271 Å². The molecule has 12 heterocycles. The summed E-state index contributed by atoms with van der Waals surface area (Å²) < 4.78 is 0. The van der Waals surface area contributed by atoms with Crippen LogP contribution in [0, 0.1) is 40.0 Å². The number of hydrogen-bond acceptors (Lipinski definition) is 24. The molecule has 0 unspecified atom stereocenters. The Morgan fingerprint density at radius 3 is 0.655 bits per heavy atom. The summed E-state index contributed by atoms with van der Waals surface area (Å²) in [5.74, 6) is 1.82. The monoisotopic (exact) mass is 1690 g/mol. The Morgan fingerprint density at radius 2 is 0.524 bits per heavy atom. The largest absolute Gasteiger partial charge is 0.509 e. The number of aromatic nitrogens is 15. The second kappa shape index (κ2) is 44.3. The van der Waals surface area contributed by atoms with E-state index in [4.69, 9.17) is 0 Å². The predicted molar refractivity (Wildman–Crippen MR) is 307 cm³/mol. The number of rotatable bonds is 9. The van der Waals surface area contributed by atoms with Gasteiger partial charge in [0.2, 0.25) is 0 Å². The molecule has 0 atom stereocenters. The van der Waals surface area contributed by atoms with Crippen molar-refractivity contribution >= 4 is 0 Å². The van der Waals surface area contributed by atoms with Crippen molar-refractivity contribution < 1.29 is 63.2 Å². The molecule has 468 valence electrons. The van der Waals surface area contributed by atoms with Gasteiger partial charge in [0.15, 0.2) is 0 Å². The Morgan fingerprint density at radius 1 is 0.321 bits per heavy atom. The summed E-state index contributed by atoms with van der Waals surface area (Å²) in [5.41, 5.74) is 2.77. The molecule has 0 aliphatic carbocycles. The van der Waals surface area contributed by atoms with Crippen LogP contribution in [0.5, 0.6) is 0 Å². The van der Waals surface area contributed by atoms with Crippen molar-refractivity contribution in [1.29, 1.82) is 0 Å². The van der Waals surface area contributed by atoms with Gasteiger partial charge in [-0.25, -0.2) is 0 Å². The van der Waals surface area contributed by atoms with Crippen LogP contribution in [0.15, 0.2) is 148 Å². The number of tetrazole rings is 3. The van der Waals surface area contributed by atoms with E-state index in [0.717, 1.165) is 17.1 Å². The van der Waals surface area contributed by atoms with Crippen LogP contribution in [0.4, 0.5) is 0 Å². The molecule has 0 bridgehead atoms. The summed E-state index contributed by atoms with van der Waals surface area (Å²) >= 11 is 0. The third-order valence-corrected chi connectivity index (χ3v) is 9.61. The van der Waals surface area contributed by atoms with Gasteiger partial charge in [-0.3, -0.25) is 45.9 Å². The van der Waals surface area contributed by atoms with Crippen LogP contribution < -0.4 is 15.3 Å². The van der Waals surface area contributed by atoms with Crippen molar-refractivity contribution in [3.63, 3.8) is 0 Å². The third kappa shape index (κ3) is 30.4. The first kappa shape index (κ1) is 74.8. The van der Waals surface area contributed by atoms with Gasteiger partial charge < -0.3 is 74.7 Å². The summed E-state index contributed by atoms with van der Waals surface area (Å²) in [6.07, 6.45) is 34.7. The Balaban J connectivity index is 0.000000486. The van der Waals surface area contributed by atoms with Gasteiger partial charge in [-0.05, 0) is 116 Å². The standard InChI is InChI=1S/3C8H12N4.3C7H6N5.3C3H8.3Pt/c3*1-9-3-5-11(7-9)12-6-4-10(2)8-12;3*1-2-4-8-6(3-1)5-7-9-11-12-10-7;3*1-3-2;;;/h3*3-8H,1-2H3;3*1-4H,5H2;3*3H2,1-2H3;;;/q3*-2;3*-1;;;;;;. The maximum atomic E-state index is 4.12. The molecule has 27 nitrogen and oxygen atoms in total. The molecule has 0 spiro atoms. The smallest absolute Gasteiger partial charge is 0.0451 e.